The first kappa shape index (κ1) is 11.3. The summed E-state index contributed by atoms with van der Waals surface area (Å²) in [7, 11) is 0. The fraction of sp³-hybridized carbons (Fsp3) is 0.429. The molecule has 0 radical (unpaired) electrons. The lowest BCUT2D eigenvalue weighted by Gasteiger charge is -2.14. The summed E-state index contributed by atoms with van der Waals surface area (Å²) >= 11 is 0. The number of aliphatic hydroxyl groups is 2. The zero-order valence-electron chi connectivity index (χ0n) is 7.52. The molecular formula is C7H8FN5O2. The minimum Gasteiger partial charge on any atom is -0.390 e. The molecule has 0 fully saturated rings. The first-order chi connectivity index (χ1) is 7.15. The first-order valence-corrected chi connectivity index (χ1v) is 3.99. The SMILES string of the molecule is [N-]=[N+]=NCC(O)C(O)c1cnc(F)nc1. The molecular weight excluding hydrogens is 205 g/mol. The maximum atomic E-state index is 12.3. The van der Waals surface area contributed by atoms with Crippen LogP contribution in [0.25, 0.3) is 10.4 Å². The van der Waals surface area contributed by atoms with E-state index < -0.39 is 18.3 Å². The lowest BCUT2D eigenvalue weighted by atomic mass is 10.1. The Morgan fingerprint density at radius 2 is 2.07 bits per heavy atom. The van der Waals surface area contributed by atoms with Crippen LogP contribution in [0.4, 0.5) is 4.39 Å². The molecule has 80 valence electrons. The van der Waals surface area contributed by atoms with Crippen molar-refractivity contribution in [2.75, 3.05) is 6.54 Å². The van der Waals surface area contributed by atoms with Crippen LogP contribution in [0.15, 0.2) is 17.5 Å². The molecule has 0 saturated carbocycles. The molecule has 15 heavy (non-hydrogen) atoms. The van der Waals surface area contributed by atoms with Gasteiger partial charge in [-0.3, -0.25) is 0 Å². The highest BCUT2D eigenvalue weighted by Gasteiger charge is 2.18. The van der Waals surface area contributed by atoms with E-state index in [0.29, 0.717) is 0 Å². The summed E-state index contributed by atoms with van der Waals surface area (Å²) in [5.41, 5.74) is 8.15. The maximum absolute atomic E-state index is 12.3. The van der Waals surface area contributed by atoms with Crippen molar-refractivity contribution >= 4 is 0 Å². The standard InChI is InChI=1S/C7H8FN5O2/c8-7-10-1-4(2-11-7)6(15)5(14)3-12-13-9/h1-2,5-6,14-15H,3H2. The van der Waals surface area contributed by atoms with Crippen molar-refractivity contribution in [3.63, 3.8) is 0 Å². The largest absolute Gasteiger partial charge is 0.390 e. The Kier molecular flexibility index (Phi) is 3.92. The van der Waals surface area contributed by atoms with Crippen LogP contribution in [0.3, 0.4) is 0 Å². The van der Waals surface area contributed by atoms with Crippen molar-refractivity contribution in [3.05, 3.63) is 34.5 Å². The van der Waals surface area contributed by atoms with Crippen molar-refractivity contribution in [3.8, 4) is 0 Å². The summed E-state index contributed by atoms with van der Waals surface area (Å²) < 4.78 is 12.3. The van der Waals surface area contributed by atoms with Gasteiger partial charge in [0.05, 0.1) is 12.6 Å². The smallest absolute Gasteiger partial charge is 0.308 e. The molecule has 0 bridgehead atoms. The van der Waals surface area contributed by atoms with Gasteiger partial charge < -0.3 is 10.2 Å². The zero-order valence-corrected chi connectivity index (χ0v) is 7.52. The molecule has 2 N–H and O–H groups in total. The molecule has 0 aliphatic rings. The number of aromatic nitrogens is 2. The molecule has 2 atom stereocenters. The van der Waals surface area contributed by atoms with Gasteiger partial charge in [-0.2, -0.15) is 4.39 Å². The lowest BCUT2D eigenvalue weighted by molar-refractivity contribution is 0.0238. The molecule has 1 aromatic rings. The van der Waals surface area contributed by atoms with Gasteiger partial charge in [-0.05, 0) is 5.53 Å². The third-order valence-electron chi connectivity index (χ3n) is 1.68. The molecule has 1 heterocycles. The van der Waals surface area contributed by atoms with Crippen LogP contribution in [0, 0.1) is 6.08 Å². The quantitative estimate of drug-likeness (QED) is 0.324. The predicted octanol–water partition coefficient (Wildman–Crippen LogP) is 0.320. The lowest BCUT2D eigenvalue weighted by Crippen LogP contribution is -2.21. The summed E-state index contributed by atoms with van der Waals surface area (Å²) in [4.78, 5) is 8.85. The number of halogens is 1. The number of hydrogen-bond donors (Lipinski definition) is 2. The Hall–Kier alpha value is -1.76. The second kappa shape index (κ2) is 5.20. The van der Waals surface area contributed by atoms with Crippen LogP contribution in [-0.2, 0) is 0 Å². The number of rotatable bonds is 4. The van der Waals surface area contributed by atoms with Gasteiger partial charge in [0, 0.05) is 22.9 Å². The molecule has 0 aromatic carbocycles. The summed E-state index contributed by atoms with van der Waals surface area (Å²) in [5, 5.41) is 21.9. The van der Waals surface area contributed by atoms with Crippen molar-refractivity contribution in [2.45, 2.75) is 12.2 Å². The van der Waals surface area contributed by atoms with Crippen LogP contribution in [0.2, 0.25) is 0 Å². The highest BCUT2D eigenvalue weighted by atomic mass is 19.1. The van der Waals surface area contributed by atoms with Crippen LogP contribution in [-0.4, -0.2) is 32.8 Å². The average molecular weight is 213 g/mol. The van der Waals surface area contributed by atoms with Gasteiger partial charge in [-0.1, -0.05) is 5.11 Å². The van der Waals surface area contributed by atoms with E-state index >= 15 is 0 Å². The van der Waals surface area contributed by atoms with E-state index in [-0.39, 0.29) is 12.1 Å². The third-order valence-corrected chi connectivity index (χ3v) is 1.68. The highest BCUT2D eigenvalue weighted by molar-refractivity contribution is 5.08. The fourth-order valence-electron chi connectivity index (χ4n) is 0.917. The molecule has 2 unspecified atom stereocenters. The highest BCUT2D eigenvalue weighted by Crippen LogP contribution is 2.15. The molecule has 1 rings (SSSR count). The van der Waals surface area contributed by atoms with E-state index in [1.165, 1.54) is 0 Å². The van der Waals surface area contributed by atoms with E-state index in [9.17, 15) is 14.6 Å². The second-order valence-corrected chi connectivity index (χ2v) is 2.71. The second-order valence-electron chi connectivity index (χ2n) is 2.71. The van der Waals surface area contributed by atoms with E-state index in [4.69, 9.17) is 5.53 Å². The monoisotopic (exact) mass is 213 g/mol. The van der Waals surface area contributed by atoms with Crippen molar-refractivity contribution in [2.24, 2.45) is 5.11 Å². The molecule has 0 amide bonds. The Morgan fingerprint density at radius 3 is 2.60 bits per heavy atom. The fourth-order valence-corrected chi connectivity index (χ4v) is 0.917. The molecule has 0 saturated heterocycles. The van der Waals surface area contributed by atoms with Gasteiger partial charge in [-0.15, -0.1) is 0 Å². The number of nitrogens with zero attached hydrogens (tertiary/aromatic N) is 5. The van der Waals surface area contributed by atoms with Crippen LogP contribution < -0.4 is 0 Å². The zero-order chi connectivity index (χ0) is 11.3. The van der Waals surface area contributed by atoms with Crippen LogP contribution >= 0.6 is 0 Å². The number of hydrogen-bond acceptors (Lipinski definition) is 5. The summed E-state index contributed by atoms with van der Waals surface area (Å²) in [6.07, 6.45) is -1.40. The Balaban J connectivity index is 2.70. The predicted molar refractivity (Wildman–Crippen MR) is 47.0 cm³/mol. The van der Waals surface area contributed by atoms with E-state index in [1.807, 2.05) is 0 Å². The van der Waals surface area contributed by atoms with Gasteiger partial charge >= 0.3 is 6.08 Å². The van der Waals surface area contributed by atoms with Crippen molar-refractivity contribution in [1.29, 1.82) is 0 Å². The summed E-state index contributed by atoms with van der Waals surface area (Å²) in [6.45, 7) is -0.283. The van der Waals surface area contributed by atoms with Gasteiger partial charge in [0.2, 0.25) is 0 Å². The van der Waals surface area contributed by atoms with Crippen molar-refractivity contribution in [1.82, 2.24) is 9.97 Å². The normalized spacial score (nSPS) is 14.1. The average Bonchev–Trinajstić information content (AvgIpc) is 2.26. The van der Waals surface area contributed by atoms with Gasteiger partial charge in [-0.25, -0.2) is 9.97 Å². The van der Waals surface area contributed by atoms with Crippen LogP contribution in [0.1, 0.15) is 11.7 Å². The molecule has 0 spiro atoms. The summed E-state index contributed by atoms with van der Waals surface area (Å²) in [5.74, 6) is 0. The minimum atomic E-state index is -1.31. The van der Waals surface area contributed by atoms with Gasteiger partial charge in [0.1, 0.15) is 6.10 Å². The molecule has 1 aromatic heterocycles. The van der Waals surface area contributed by atoms with Gasteiger partial charge in [0.25, 0.3) is 0 Å². The Bertz CT molecular complexity index is 364. The molecule has 0 aliphatic carbocycles. The van der Waals surface area contributed by atoms with Gasteiger partial charge in [0.15, 0.2) is 0 Å². The molecule has 0 aliphatic heterocycles. The Morgan fingerprint density at radius 1 is 1.47 bits per heavy atom. The maximum Gasteiger partial charge on any atom is 0.308 e. The van der Waals surface area contributed by atoms with E-state index in [1.54, 1.807) is 0 Å². The first-order valence-electron chi connectivity index (χ1n) is 3.99. The third kappa shape index (κ3) is 3.13. The van der Waals surface area contributed by atoms with E-state index in [0.717, 1.165) is 12.4 Å². The minimum absolute atomic E-state index is 0.150. The van der Waals surface area contributed by atoms with E-state index in [2.05, 4.69) is 20.0 Å². The molecule has 8 heteroatoms. The number of azide groups is 1. The number of aliphatic hydroxyl groups excluding tert-OH is 2. The van der Waals surface area contributed by atoms with Crippen LogP contribution in [0.5, 0.6) is 0 Å². The summed E-state index contributed by atoms with van der Waals surface area (Å²) in [6, 6.07) is 0. The molecule has 7 nitrogen and oxygen atoms in total. The Labute approximate surface area is 83.9 Å². The van der Waals surface area contributed by atoms with Crippen molar-refractivity contribution < 1.29 is 14.6 Å². The topological polar surface area (TPSA) is 115 Å².